The Hall–Kier alpha value is -1.95. The number of halogens is 1. The Morgan fingerprint density at radius 3 is 2.12 bits per heavy atom. The molecule has 0 bridgehead atoms. The van der Waals surface area contributed by atoms with E-state index in [0.29, 0.717) is 43.2 Å². The Labute approximate surface area is 153 Å². The van der Waals surface area contributed by atoms with Gasteiger partial charge in [-0.2, -0.15) is 0 Å². The first-order valence-electron chi connectivity index (χ1n) is 8.20. The maximum atomic E-state index is 12.7. The van der Waals surface area contributed by atoms with E-state index in [1.165, 1.54) is 7.11 Å². The van der Waals surface area contributed by atoms with Gasteiger partial charge in [0.1, 0.15) is 0 Å². The lowest BCUT2D eigenvalue weighted by molar-refractivity contribution is -0.140. The molecule has 2 rings (SSSR count). The van der Waals surface area contributed by atoms with E-state index in [1.54, 1.807) is 35.1 Å². The van der Waals surface area contributed by atoms with Crippen molar-refractivity contribution in [3.63, 3.8) is 0 Å². The molecule has 0 atom stereocenters. The second kappa shape index (κ2) is 7.95. The predicted molar refractivity (Wildman–Crippen MR) is 96.5 cm³/mol. The molecule has 1 aliphatic heterocycles. The van der Waals surface area contributed by atoms with E-state index < -0.39 is 5.41 Å². The summed E-state index contributed by atoms with van der Waals surface area (Å²) in [5.74, 6) is 1.32. The van der Waals surface area contributed by atoms with Crippen LogP contribution in [0.3, 0.4) is 0 Å². The molecule has 138 valence electrons. The van der Waals surface area contributed by atoms with Gasteiger partial charge in [-0.3, -0.25) is 9.59 Å². The Morgan fingerprint density at radius 2 is 1.60 bits per heavy atom. The molecule has 0 spiro atoms. The molecule has 1 aromatic carbocycles. The van der Waals surface area contributed by atoms with Crippen LogP contribution in [0.15, 0.2) is 18.2 Å². The van der Waals surface area contributed by atoms with Crippen LogP contribution < -0.4 is 9.47 Å². The average Bonchev–Trinajstić information content (AvgIpc) is 2.66. The number of rotatable bonds is 5. The monoisotopic (exact) mass is 368 g/mol. The molecule has 1 aromatic rings. The summed E-state index contributed by atoms with van der Waals surface area (Å²) in [4.78, 5) is 28.7. The lowest BCUT2D eigenvalue weighted by atomic mass is 9.94. The van der Waals surface area contributed by atoms with Gasteiger partial charge in [0.15, 0.2) is 11.5 Å². The summed E-state index contributed by atoms with van der Waals surface area (Å²) >= 11 is 5.89. The Kier molecular flexibility index (Phi) is 6.16. The first-order valence-corrected chi connectivity index (χ1v) is 8.74. The van der Waals surface area contributed by atoms with Crippen molar-refractivity contribution in [2.45, 2.75) is 13.8 Å². The summed E-state index contributed by atoms with van der Waals surface area (Å²) in [6.07, 6.45) is 0. The normalized spacial score (nSPS) is 15.1. The minimum atomic E-state index is -0.586. The molecule has 1 heterocycles. The number of ether oxygens (including phenoxy) is 2. The molecule has 0 unspecified atom stereocenters. The number of amides is 2. The molecule has 0 aliphatic carbocycles. The summed E-state index contributed by atoms with van der Waals surface area (Å²) in [5.41, 5.74) is -0.0459. The summed E-state index contributed by atoms with van der Waals surface area (Å²) in [6.45, 7) is 5.69. The number of piperazine rings is 1. The van der Waals surface area contributed by atoms with Crippen molar-refractivity contribution >= 4 is 23.4 Å². The Balaban J connectivity index is 2.03. The number of carbonyl (C=O) groups is 2. The number of alkyl halides is 1. The number of hydrogen-bond acceptors (Lipinski definition) is 4. The number of benzene rings is 1. The third-order valence-corrected chi connectivity index (χ3v) is 5.07. The van der Waals surface area contributed by atoms with Crippen molar-refractivity contribution in [3.05, 3.63) is 23.8 Å². The summed E-state index contributed by atoms with van der Waals surface area (Å²) in [7, 11) is 3.09. The van der Waals surface area contributed by atoms with Crippen LogP contribution in [0.5, 0.6) is 11.5 Å². The fourth-order valence-electron chi connectivity index (χ4n) is 2.75. The highest BCUT2D eigenvalue weighted by molar-refractivity contribution is 6.19. The highest BCUT2D eigenvalue weighted by Gasteiger charge is 2.33. The third-order valence-electron chi connectivity index (χ3n) is 4.40. The molecular formula is C18H25ClN2O4. The van der Waals surface area contributed by atoms with Gasteiger partial charge in [-0.1, -0.05) is 0 Å². The van der Waals surface area contributed by atoms with Gasteiger partial charge in [0.05, 0.1) is 19.6 Å². The molecule has 0 saturated carbocycles. The largest absolute Gasteiger partial charge is 0.493 e. The van der Waals surface area contributed by atoms with Crippen LogP contribution in [0.1, 0.15) is 24.2 Å². The SMILES string of the molecule is COc1ccc(C(=O)N2CCN(C(=O)C(C)(C)CCl)CC2)cc1OC. The van der Waals surface area contributed by atoms with Gasteiger partial charge >= 0.3 is 0 Å². The van der Waals surface area contributed by atoms with Crippen LogP contribution >= 0.6 is 11.6 Å². The maximum absolute atomic E-state index is 12.7. The van der Waals surface area contributed by atoms with Crippen molar-refractivity contribution < 1.29 is 19.1 Å². The molecule has 6 nitrogen and oxygen atoms in total. The van der Waals surface area contributed by atoms with Crippen LogP contribution in [-0.2, 0) is 4.79 Å². The van der Waals surface area contributed by atoms with E-state index in [1.807, 2.05) is 13.8 Å². The maximum Gasteiger partial charge on any atom is 0.254 e. The van der Waals surface area contributed by atoms with E-state index in [4.69, 9.17) is 21.1 Å². The number of hydrogen-bond donors (Lipinski definition) is 0. The predicted octanol–water partition coefficient (Wildman–Crippen LogP) is 2.25. The molecule has 1 aliphatic rings. The zero-order chi connectivity index (χ0) is 18.6. The second-order valence-electron chi connectivity index (χ2n) is 6.67. The molecule has 2 amide bonds. The molecule has 1 fully saturated rings. The number of methoxy groups -OCH3 is 2. The molecule has 0 aromatic heterocycles. The molecule has 0 N–H and O–H groups in total. The van der Waals surface area contributed by atoms with Gasteiger partial charge in [-0.15, -0.1) is 11.6 Å². The van der Waals surface area contributed by atoms with Crippen LogP contribution in [0.25, 0.3) is 0 Å². The van der Waals surface area contributed by atoms with E-state index in [-0.39, 0.29) is 17.7 Å². The fourth-order valence-corrected chi connectivity index (χ4v) is 2.86. The van der Waals surface area contributed by atoms with E-state index >= 15 is 0 Å². The van der Waals surface area contributed by atoms with Gasteiger partial charge < -0.3 is 19.3 Å². The van der Waals surface area contributed by atoms with Crippen molar-refractivity contribution in [2.75, 3.05) is 46.3 Å². The van der Waals surface area contributed by atoms with Crippen molar-refractivity contribution in [3.8, 4) is 11.5 Å². The van der Waals surface area contributed by atoms with Crippen LogP contribution in [0, 0.1) is 5.41 Å². The summed E-state index contributed by atoms with van der Waals surface area (Å²) in [5, 5.41) is 0. The third kappa shape index (κ3) is 4.18. The topological polar surface area (TPSA) is 59.1 Å². The quantitative estimate of drug-likeness (QED) is 0.748. The summed E-state index contributed by atoms with van der Waals surface area (Å²) < 4.78 is 10.4. The zero-order valence-electron chi connectivity index (χ0n) is 15.2. The number of carbonyl (C=O) groups excluding carboxylic acids is 2. The number of nitrogens with zero attached hydrogens (tertiary/aromatic N) is 2. The highest BCUT2D eigenvalue weighted by atomic mass is 35.5. The second-order valence-corrected chi connectivity index (χ2v) is 6.94. The van der Waals surface area contributed by atoms with Crippen molar-refractivity contribution in [2.24, 2.45) is 5.41 Å². The Bertz CT molecular complexity index is 640. The van der Waals surface area contributed by atoms with E-state index in [2.05, 4.69) is 0 Å². The van der Waals surface area contributed by atoms with Gasteiger partial charge in [-0.25, -0.2) is 0 Å². The van der Waals surface area contributed by atoms with Crippen LogP contribution in [-0.4, -0.2) is 67.9 Å². The average molecular weight is 369 g/mol. The lowest BCUT2D eigenvalue weighted by Gasteiger charge is -2.38. The van der Waals surface area contributed by atoms with Gasteiger partial charge in [0.2, 0.25) is 5.91 Å². The van der Waals surface area contributed by atoms with Gasteiger partial charge in [0, 0.05) is 37.6 Å². The van der Waals surface area contributed by atoms with Gasteiger partial charge in [0.25, 0.3) is 5.91 Å². The standard InChI is InChI=1S/C18H25ClN2O4/c1-18(2,12-19)17(23)21-9-7-20(8-10-21)16(22)13-5-6-14(24-3)15(11-13)25-4/h5-6,11H,7-10,12H2,1-4H3. The zero-order valence-corrected chi connectivity index (χ0v) is 15.9. The fraction of sp³-hybridized carbons (Fsp3) is 0.556. The molecular weight excluding hydrogens is 344 g/mol. The minimum Gasteiger partial charge on any atom is -0.493 e. The Morgan fingerprint density at radius 1 is 1.04 bits per heavy atom. The van der Waals surface area contributed by atoms with E-state index in [9.17, 15) is 9.59 Å². The smallest absolute Gasteiger partial charge is 0.254 e. The minimum absolute atomic E-state index is 0.0284. The molecule has 1 saturated heterocycles. The van der Waals surface area contributed by atoms with Crippen LogP contribution in [0.4, 0.5) is 0 Å². The molecule has 0 radical (unpaired) electrons. The van der Waals surface area contributed by atoms with Crippen LogP contribution in [0.2, 0.25) is 0 Å². The summed E-state index contributed by atoms with van der Waals surface area (Å²) in [6, 6.07) is 5.11. The molecule has 25 heavy (non-hydrogen) atoms. The van der Waals surface area contributed by atoms with Crippen molar-refractivity contribution in [1.82, 2.24) is 9.80 Å². The lowest BCUT2D eigenvalue weighted by Crippen LogP contribution is -2.53. The first kappa shape index (κ1) is 19.4. The highest BCUT2D eigenvalue weighted by Crippen LogP contribution is 2.28. The molecule has 7 heteroatoms. The van der Waals surface area contributed by atoms with Crippen molar-refractivity contribution in [1.29, 1.82) is 0 Å². The van der Waals surface area contributed by atoms with Gasteiger partial charge in [-0.05, 0) is 32.0 Å². The van der Waals surface area contributed by atoms with E-state index in [0.717, 1.165) is 0 Å². The first-order chi connectivity index (χ1) is 11.8.